The summed E-state index contributed by atoms with van der Waals surface area (Å²) in [6, 6.07) is 12.3. The number of anilines is 1. The van der Waals surface area contributed by atoms with E-state index in [0.29, 0.717) is 22.7 Å². The summed E-state index contributed by atoms with van der Waals surface area (Å²) in [6.45, 7) is 1.89. The summed E-state index contributed by atoms with van der Waals surface area (Å²) in [6.07, 6.45) is 1.40. The van der Waals surface area contributed by atoms with Crippen molar-refractivity contribution in [3.8, 4) is 11.5 Å². The Morgan fingerprint density at radius 3 is 2.44 bits per heavy atom. The predicted octanol–water partition coefficient (Wildman–Crippen LogP) is 2.10. The van der Waals surface area contributed by atoms with Crippen LogP contribution in [0.1, 0.15) is 11.1 Å². The summed E-state index contributed by atoms with van der Waals surface area (Å²) in [7, 11) is 3.06. The SMILES string of the molecule is COc1ccc(/C=N\NC(=O)C(=O)Nc2cccc(C)c2)cc1OC. The summed E-state index contributed by atoms with van der Waals surface area (Å²) in [4.78, 5) is 23.6. The number of amides is 2. The molecule has 0 heterocycles. The van der Waals surface area contributed by atoms with Gasteiger partial charge in [0.2, 0.25) is 0 Å². The first-order valence-electron chi connectivity index (χ1n) is 7.46. The molecule has 0 saturated carbocycles. The lowest BCUT2D eigenvalue weighted by molar-refractivity contribution is -0.136. The standard InChI is InChI=1S/C18H19N3O4/c1-12-5-4-6-14(9-12)20-17(22)18(23)21-19-11-13-7-8-15(24-2)16(10-13)25-3/h4-11H,1-3H3,(H,20,22)(H,21,23)/b19-11-. The van der Waals surface area contributed by atoms with Crippen LogP contribution in [0.5, 0.6) is 11.5 Å². The van der Waals surface area contributed by atoms with E-state index in [1.54, 1.807) is 43.5 Å². The molecule has 0 aliphatic heterocycles. The monoisotopic (exact) mass is 341 g/mol. The number of hydrogen-bond donors (Lipinski definition) is 2. The van der Waals surface area contributed by atoms with Gasteiger partial charge >= 0.3 is 11.8 Å². The largest absolute Gasteiger partial charge is 0.493 e. The third-order valence-corrected chi connectivity index (χ3v) is 3.27. The fraction of sp³-hybridized carbons (Fsp3) is 0.167. The number of carbonyl (C=O) groups is 2. The van der Waals surface area contributed by atoms with Gasteiger partial charge in [0.25, 0.3) is 0 Å². The molecule has 2 rings (SSSR count). The van der Waals surface area contributed by atoms with Crippen LogP contribution in [0.15, 0.2) is 47.6 Å². The summed E-state index contributed by atoms with van der Waals surface area (Å²) >= 11 is 0. The highest BCUT2D eigenvalue weighted by molar-refractivity contribution is 6.39. The van der Waals surface area contributed by atoms with E-state index in [4.69, 9.17) is 9.47 Å². The molecular weight excluding hydrogens is 322 g/mol. The van der Waals surface area contributed by atoms with Gasteiger partial charge < -0.3 is 14.8 Å². The molecule has 0 unspecified atom stereocenters. The quantitative estimate of drug-likeness (QED) is 0.495. The van der Waals surface area contributed by atoms with Crippen molar-refractivity contribution in [2.75, 3.05) is 19.5 Å². The second kappa shape index (κ2) is 8.49. The number of ether oxygens (including phenoxy) is 2. The van der Waals surface area contributed by atoms with E-state index in [-0.39, 0.29) is 0 Å². The zero-order valence-corrected chi connectivity index (χ0v) is 14.2. The highest BCUT2D eigenvalue weighted by Crippen LogP contribution is 2.26. The van der Waals surface area contributed by atoms with Crippen molar-refractivity contribution >= 4 is 23.7 Å². The van der Waals surface area contributed by atoms with Crippen LogP contribution in [0, 0.1) is 6.92 Å². The van der Waals surface area contributed by atoms with Crippen LogP contribution in [0.25, 0.3) is 0 Å². The highest BCUT2D eigenvalue weighted by atomic mass is 16.5. The summed E-state index contributed by atoms with van der Waals surface area (Å²) in [5.74, 6) is -0.538. The topological polar surface area (TPSA) is 89.0 Å². The number of hydrazone groups is 1. The van der Waals surface area contributed by atoms with E-state index in [1.807, 2.05) is 13.0 Å². The Morgan fingerprint density at radius 2 is 1.76 bits per heavy atom. The van der Waals surface area contributed by atoms with Crippen LogP contribution in [0.2, 0.25) is 0 Å². The minimum Gasteiger partial charge on any atom is -0.493 e. The molecule has 0 aliphatic rings. The van der Waals surface area contributed by atoms with Gasteiger partial charge in [-0.05, 0) is 48.4 Å². The maximum atomic E-state index is 11.8. The van der Waals surface area contributed by atoms with Gasteiger partial charge in [0.05, 0.1) is 20.4 Å². The van der Waals surface area contributed by atoms with Crippen molar-refractivity contribution in [3.05, 3.63) is 53.6 Å². The first-order valence-corrected chi connectivity index (χ1v) is 7.46. The Balaban J connectivity index is 1.94. The van der Waals surface area contributed by atoms with Gasteiger partial charge in [-0.25, -0.2) is 5.43 Å². The van der Waals surface area contributed by atoms with Crippen molar-refractivity contribution in [3.63, 3.8) is 0 Å². The molecule has 0 aliphatic carbocycles. The average Bonchev–Trinajstić information content (AvgIpc) is 2.61. The van der Waals surface area contributed by atoms with E-state index in [9.17, 15) is 9.59 Å². The van der Waals surface area contributed by atoms with Gasteiger partial charge in [-0.15, -0.1) is 0 Å². The number of rotatable bonds is 5. The van der Waals surface area contributed by atoms with Crippen molar-refractivity contribution < 1.29 is 19.1 Å². The fourth-order valence-electron chi connectivity index (χ4n) is 2.06. The van der Waals surface area contributed by atoms with E-state index in [2.05, 4.69) is 15.8 Å². The molecule has 0 saturated heterocycles. The first-order chi connectivity index (χ1) is 12.0. The molecule has 0 radical (unpaired) electrons. The number of methoxy groups -OCH3 is 2. The fourth-order valence-corrected chi connectivity index (χ4v) is 2.06. The number of benzene rings is 2. The van der Waals surface area contributed by atoms with Crippen molar-refractivity contribution in [1.82, 2.24) is 5.43 Å². The zero-order valence-electron chi connectivity index (χ0n) is 14.2. The minimum absolute atomic E-state index is 0.537. The average molecular weight is 341 g/mol. The summed E-state index contributed by atoms with van der Waals surface area (Å²) < 4.78 is 10.3. The lowest BCUT2D eigenvalue weighted by atomic mass is 10.2. The van der Waals surface area contributed by atoms with Gasteiger partial charge in [0.15, 0.2) is 11.5 Å². The maximum Gasteiger partial charge on any atom is 0.329 e. The molecule has 2 aromatic carbocycles. The highest BCUT2D eigenvalue weighted by Gasteiger charge is 2.12. The molecule has 0 spiro atoms. The van der Waals surface area contributed by atoms with Gasteiger partial charge in [-0.2, -0.15) is 5.10 Å². The normalized spacial score (nSPS) is 10.4. The van der Waals surface area contributed by atoms with Crippen molar-refractivity contribution in [2.45, 2.75) is 6.92 Å². The van der Waals surface area contributed by atoms with Gasteiger partial charge in [-0.1, -0.05) is 12.1 Å². The molecule has 2 aromatic rings. The Labute approximate surface area is 145 Å². The molecule has 2 amide bonds. The second-order valence-electron chi connectivity index (χ2n) is 5.14. The molecule has 7 nitrogen and oxygen atoms in total. The Morgan fingerprint density at radius 1 is 1.00 bits per heavy atom. The van der Waals surface area contributed by atoms with Crippen LogP contribution in [0.3, 0.4) is 0 Å². The molecule has 0 aromatic heterocycles. The van der Waals surface area contributed by atoms with E-state index in [1.165, 1.54) is 13.3 Å². The first kappa shape index (κ1) is 18.0. The zero-order chi connectivity index (χ0) is 18.2. The Hall–Kier alpha value is -3.35. The summed E-state index contributed by atoms with van der Waals surface area (Å²) in [5.41, 5.74) is 4.38. The molecule has 0 fully saturated rings. The van der Waals surface area contributed by atoms with E-state index >= 15 is 0 Å². The third kappa shape index (κ3) is 5.07. The van der Waals surface area contributed by atoms with Crippen LogP contribution < -0.4 is 20.2 Å². The number of carbonyl (C=O) groups excluding carboxylic acids is 2. The Kier molecular flexibility index (Phi) is 6.11. The molecule has 25 heavy (non-hydrogen) atoms. The molecule has 0 bridgehead atoms. The van der Waals surface area contributed by atoms with Gasteiger partial charge in [-0.3, -0.25) is 9.59 Å². The molecule has 7 heteroatoms. The lowest BCUT2D eigenvalue weighted by Gasteiger charge is -2.07. The minimum atomic E-state index is -0.863. The molecule has 2 N–H and O–H groups in total. The number of aryl methyl sites for hydroxylation is 1. The number of hydrogen-bond acceptors (Lipinski definition) is 5. The molecule has 130 valence electrons. The number of nitrogens with one attached hydrogen (secondary N) is 2. The van der Waals surface area contributed by atoms with Crippen LogP contribution >= 0.6 is 0 Å². The molecule has 0 atom stereocenters. The summed E-state index contributed by atoms with van der Waals surface area (Å²) in [5, 5.41) is 6.27. The smallest absolute Gasteiger partial charge is 0.329 e. The Bertz CT molecular complexity index is 803. The van der Waals surface area contributed by atoms with Crippen LogP contribution in [-0.4, -0.2) is 32.2 Å². The lowest BCUT2D eigenvalue weighted by Crippen LogP contribution is -2.32. The van der Waals surface area contributed by atoms with E-state index < -0.39 is 11.8 Å². The van der Waals surface area contributed by atoms with Crippen LogP contribution in [0.4, 0.5) is 5.69 Å². The van der Waals surface area contributed by atoms with Gasteiger partial charge in [0, 0.05) is 5.69 Å². The predicted molar refractivity (Wildman–Crippen MR) is 95.1 cm³/mol. The molecular formula is C18H19N3O4. The van der Waals surface area contributed by atoms with Crippen LogP contribution in [-0.2, 0) is 9.59 Å². The number of nitrogens with zero attached hydrogens (tertiary/aromatic N) is 1. The van der Waals surface area contributed by atoms with Crippen molar-refractivity contribution in [1.29, 1.82) is 0 Å². The second-order valence-corrected chi connectivity index (χ2v) is 5.14. The van der Waals surface area contributed by atoms with Crippen molar-refractivity contribution in [2.24, 2.45) is 5.10 Å². The maximum absolute atomic E-state index is 11.8. The van der Waals surface area contributed by atoms with E-state index in [0.717, 1.165) is 5.56 Å². The van der Waals surface area contributed by atoms with Gasteiger partial charge in [0.1, 0.15) is 0 Å². The third-order valence-electron chi connectivity index (χ3n) is 3.27.